The molecule has 9 unspecified atom stereocenters. The normalized spacial score (nSPS) is 55.8. The van der Waals surface area contributed by atoms with Gasteiger partial charge < -0.3 is 0 Å². The van der Waals surface area contributed by atoms with Gasteiger partial charge in [0.05, 0.1) is 0 Å². The van der Waals surface area contributed by atoms with Crippen molar-refractivity contribution in [2.75, 3.05) is 0 Å². The second-order valence-corrected chi connectivity index (χ2v) is 9.15. The summed E-state index contributed by atoms with van der Waals surface area (Å²) in [4.78, 5) is 0. The monoisotopic (exact) mass is 276 g/mol. The lowest BCUT2D eigenvalue weighted by atomic mass is 9.54. The molecule has 0 aromatic rings. The lowest BCUT2D eigenvalue weighted by molar-refractivity contribution is -0.0310. The van der Waals surface area contributed by atoms with Crippen molar-refractivity contribution in [3.63, 3.8) is 0 Å². The molecule has 0 heteroatoms. The third-order valence-corrected chi connectivity index (χ3v) is 8.37. The predicted molar refractivity (Wildman–Crippen MR) is 87.5 cm³/mol. The molecule has 116 valence electrons. The fourth-order valence-corrected chi connectivity index (χ4v) is 7.38. The zero-order valence-corrected chi connectivity index (χ0v) is 14.7. The van der Waals surface area contributed by atoms with E-state index in [-0.39, 0.29) is 0 Å². The van der Waals surface area contributed by atoms with E-state index < -0.39 is 0 Å². The van der Waals surface area contributed by atoms with Crippen LogP contribution in [0.4, 0.5) is 0 Å². The molecule has 0 spiro atoms. The van der Waals surface area contributed by atoms with Gasteiger partial charge in [-0.3, -0.25) is 0 Å². The fourth-order valence-electron chi connectivity index (χ4n) is 7.38. The first-order chi connectivity index (χ1) is 9.40. The van der Waals surface area contributed by atoms with Crippen LogP contribution in [0.25, 0.3) is 0 Å². The quantitative estimate of drug-likeness (QED) is 0.592. The van der Waals surface area contributed by atoms with Crippen LogP contribution in [0.1, 0.15) is 73.6 Å². The van der Waals surface area contributed by atoms with Crippen LogP contribution in [0.5, 0.6) is 0 Å². The standard InChI is InChI=1S/C20H36/c1-7-8-12(2)18-13(3)16-9-10-20(6)11-17(16)19(14(18)4)15(20)5/h12-19H,7-11H2,1-6H3. The minimum absolute atomic E-state index is 0.683. The van der Waals surface area contributed by atoms with Crippen LogP contribution in [0.15, 0.2) is 0 Å². The van der Waals surface area contributed by atoms with Crippen LogP contribution in [0.2, 0.25) is 0 Å². The Hall–Kier alpha value is 0. The Balaban J connectivity index is 1.91. The van der Waals surface area contributed by atoms with Crippen molar-refractivity contribution in [2.24, 2.45) is 52.8 Å². The summed E-state index contributed by atoms with van der Waals surface area (Å²) in [5.74, 6) is 7.99. The molecule has 3 fully saturated rings. The molecule has 3 rings (SSSR count). The Morgan fingerprint density at radius 1 is 1.10 bits per heavy atom. The summed E-state index contributed by atoms with van der Waals surface area (Å²) in [5.41, 5.74) is 0.683. The van der Waals surface area contributed by atoms with Crippen LogP contribution >= 0.6 is 0 Å². The van der Waals surface area contributed by atoms with E-state index in [1.807, 2.05) is 0 Å². The molecule has 0 heterocycles. The summed E-state index contributed by atoms with van der Waals surface area (Å²) in [6, 6.07) is 0. The van der Waals surface area contributed by atoms with Gasteiger partial charge in [-0.15, -0.1) is 0 Å². The summed E-state index contributed by atoms with van der Waals surface area (Å²) in [7, 11) is 0. The lowest BCUT2D eigenvalue weighted by Gasteiger charge is -2.51. The summed E-state index contributed by atoms with van der Waals surface area (Å²) in [5, 5.41) is 0. The molecular weight excluding hydrogens is 240 g/mol. The van der Waals surface area contributed by atoms with Gasteiger partial charge in [0.25, 0.3) is 0 Å². The Labute approximate surface area is 127 Å². The van der Waals surface area contributed by atoms with Gasteiger partial charge in [-0.25, -0.2) is 0 Å². The van der Waals surface area contributed by atoms with Crippen LogP contribution in [0.3, 0.4) is 0 Å². The van der Waals surface area contributed by atoms with Gasteiger partial charge >= 0.3 is 0 Å². The molecule has 3 aliphatic carbocycles. The topological polar surface area (TPSA) is 0 Å². The third kappa shape index (κ3) is 1.92. The number of rotatable bonds is 3. The molecule has 3 saturated carbocycles. The van der Waals surface area contributed by atoms with Crippen LogP contribution in [-0.4, -0.2) is 0 Å². The second kappa shape index (κ2) is 5.03. The van der Waals surface area contributed by atoms with E-state index in [0.717, 1.165) is 47.3 Å². The van der Waals surface area contributed by atoms with Crippen molar-refractivity contribution in [3.05, 3.63) is 0 Å². The Bertz CT molecular complexity index is 359. The minimum Gasteiger partial charge on any atom is -0.0654 e. The zero-order valence-electron chi connectivity index (χ0n) is 14.7. The molecule has 0 N–H and O–H groups in total. The van der Waals surface area contributed by atoms with E-state index in [1.165, 1.54) is 25.7 Å². The van der Waals surface area contributed by atoms with E-state index in [4.69, 9.17) is 0 Å². The van der Waals surface area contributed by atoms with Gasteiger partial charge in [-0.2, -0.15) is 0 Å². The molecule has 0 aromatic heterocycles. The smallest absolute Gasteiger partial charge is 0.0294 e. The zero-order chi connectivity index (χ0) is 14.7. The average Bonchev–Trinajstić information content (AvgIpc) is 2.59. The second-order valence-electron chi connectivity index (χ2n) is 9.15. The first kappa shape index (κ1) is 14.9. The highest BCUT2D eigenvalue weighted by Gasteiger charge is 2.60. The molecule has 0 radical (unpaired) electrons. The molecule has 20 heavy (non-hydrogen) atoms. The average molecular weight is 277 g/mol. The van der Waals surface area contributed by atoms with E-state index in [2.05, 4.69) is 41.5 Å². The number of hydrogen-bond donors (Lipinski definition) is 0. The maximum Gasteiger partial charge on any atom is -0.0294 e. The highest BCUT2D eigenvalue weighted by molar-refractivity contribution is 5.09. The first-order valence-corrected chi connectivity index (χ1v) is 9.40. The summed E-state index contributed by atoms with van der Waals surface area (Å²) in [6.45, 7) is 15.3. The molecular formula is C20H36. The predicted octanol–water partition coefficient (Wildman–Crippen LogP) is 6.01. The molecule has 0 aromatic carbocycles. The van der Waals surface area contributed by atoms with Gasteiger partial charge in [-0.1, -0.05) is 54.4 Å². The molecule has 2 bridgehead atoms. The van der Waals surface area contributed by atoms with Gasteiger partial charge in [0.1, 0.15) is 0 Å². The molecule has 9 atom stereocenters. The summed E-state index contributed by atoms with van der Waals surface area (Å²) >= 11 is 0. The van der Waals surface area contributed by atoms with E-state index in [1.54, 1.807) is 6.42 Å². The third-order valence-electron chi connectivity index (χ3n) is 8.37. The molecule has 0 aliphatic heterocycles. The molecule has 0 saturated heterocycles. The summed E-state index contributed by atoms with van der Waals surface area (Å²) < 4.78 is 0. The fraction of sp³-hybridized carbons (Fsp3) is 1.00. The van der Waals surface area contributed by atoms with E-state index >= 15 is 0 Å². The maximum absolute atomic E-state index is 2.62. The highest BCUT2D eigenvalue weighted by atomic mass is 14.6. The lowest BCUT2D eigenvalue weighted by Crippen LogP contribution is -2.45. The van der Waals surface area contributed by atoms with E-state index in [0.29, 0.717) is 5.41 Å². The van der Waals surface area contributed by atoms with Crippen molar-refractivity contribution >= 4 is 0 Å². The maximum atomic E-state index is 2.62. The minimum atomic E-state index is 0.683. The van der Waals surface area contributed by atoms with Gasteiger partial charge in [-0.05, 0) is 72.0 Å². The molecule has 3 aliphatic rings. The van der Waals surface area contributed by atoms with Crippen LogP contribution in [0, 0.1) is 52.8 Å². The SMILES string of the molecule is CCCC(C)C1C(C)C2CCC3(C)CC2C(C1C)C3C. The van der Waals surface area contributed by atoms with Gasteiger partial charge in [0.2, 0.25) is 0 Å². The van der Waals surface area contributed by atoms with Crippen molar-refractivity contribution < 1.29 is 0 Å². The van der Waals surface area contributed by atoms with Gasteiger partial charge in [0.15, 0.2) is 0 Å². The van der Waals surface area contributed by atoms with Crippen molar-refractivity contribution in [2.45, 2.75) is 73.6 Å². The van der Waals surface area contributed by atoms with Crippen molar-refractivity contribution in [1.29, 1.82) is 0 Å². The Kier molecular flexibility index (Phi) is 3.75. The van der Waals surface area contributed by atoms with E-state index in [9.17, 15) is 0 Å². The van der Waals surface area contributed by atoms with Crippen LogP contribution < -0.4 is 0 Å². The first-order valence-electron chi connectivity index (χ1n) is 9.40. The largest absolute Gasteiger partial charge is 0.0654 e. The van der Waals surface area contributed by atoms with Crippen molar-refractivity contribution in [1.82, 2.24) is 0 Å². The van der Waals surface area contributed by atoms with Crippen molar-refractivity contribution in [3.8, 4) is 0 Å². The number of fused-ring (bicyclic) bond motifs is 1. The van der Waals surface area contributed by atoms with Gasteiger partial charge in [0, 0.05) is 0 Å². The Morgan fingerprint density at radius 3 is 2.45 bits per heavy atom. The molecule has 0 amide bonds. The molecule has 0 nitrogen and oxygen atoms in total. The summed E-state index contributed by atoms with van der Waals surface area (Å²) in [6.07, 6.45) is 7.40. The number of hydrogen-bond acceptors (Lipinski definition) is 0. The highest BCUT2D eigenvalue weighted by Crippen LogP contribution is 2.67. The van der Waals surface area contributed by atoms with Crippen LogP contribution in [-0.2, 0) is 0 Å². The Morgan fingerprint density at radius 2 is 1.80 bits per heavy atom.